The minimum Gasteiger partial charge on any atom is -0.396 e. The normalized spacial score (nSPS) is 10.6. The van der Waals surface area contributed by atoms with Gasteiger partial charge in [0.25, 0.3) is 0 Å². The molecule has 4 nitrogen and oxygen atoms in total. The Morgan fingerprint density at radius 2 is 1.83 bits per heavy atom. The van der Waals surface area contributed by atoms with E-state index in [2.05, 4.69) is 5.32 Å². The molecule has 0 saturated carbocycles. The first-order valence-electron chi connectivity index (χ1n) is 7.59. The van der Waals surface area contributed by atoms with E-state index in [0.29, 0.717) is 12.1 Å². The van der Waals surface area contributed by atoms with Crippen molar-refractivity contribution >= 4 is 28.7 Å². The van der Waals surface area contributed by atoms with Gasteiger partial charge in [-0.1, -0.05) is 12.1 Å². The van der Waals surface area contributed by atoms with Crippen LogP contribution in [0.4, 0.5) is 5.69 Å². The van der Waals surface area contributed by atoms with E-state index < -0.39 is 0 Å². The number of amides is 1. The van der Waals surface area contributed by atoms with E-state index in [1.165, 1.54) is 0 Å². The van der Waals surface area contributed by atoms with Gasteiger partial charge in [0.05, 0.1) is 0 Å². The first-order valence-corrected chi connectivity index (χ1v) is 8.41. The van der Waals surface area contributed by atoms with E-state index in [9.17, 15) is 9.59 Å². The summed E-state index contributed by atoms with van der Waals surface area (Å²) in [5, 5.41) is 11.7. The Morgan fingerprint density at radius 1 is 1.13 bits per heavy atom. The van der Waals surface area contributed by atoms with Gasteiger partial charge >= 0.3 is 0 Å². The molecule has 0 aliphatic rings. The molecule has 0 aliphatic heterocycles. The quantitative estimate of drug-likeness (QED) is 0.763. The van der Waals surface area contributed by atoms with E-state index in [-0.39, 0.29) is 31.1 Å². The maximum absolute atomic E-state index is 12.2. The SMILES string of the molecule is Cc1cc(C(=O)CCC(=O)Nc2ccc(CCO)cc2)c(C)s1. The first-order chi connectivity index (χ1) is 11.0. The van der Waals surface area contributed by atoms with Crippen molar-refractivity contribution in [1.82, 2.24) is 0 Å². The lowest BCUT2D eigenvalue weighted by atomic mass is 10.1. The maximum atomic E-state index is 12.2. The molecule has 0 fully saturated rings. The number of aryl methyl sites for hydroxylation is 2. The summed E-state index contributed by atoms with van der Waals surface area (Å²) in [5.74, 6) is -0.154. The highest BCUT2D eigenvalue weighted by molar-refractivity contribution is 7.12. The number of aliphatic hydroxyl groups is 1. The molecule has 0 aliphatic carbocycles. The van der Waals surface area contributed by atoms with Crippen LogP contribution in [-0.4, -0.2) is 23.4 Å². The van der Waals surface area contributed by atoms with Gasteiger partial charge in [-0.25, -0.2) is 0 Å². The van der Waals surface area contributed by atoms with Crippen molar-refractivity contribution in [2.75, 3.05) is 11.9 Å². The third kappa shape index (κ3) is 5.01. The monoisotopic (exact) mass is 331 g/mol. The predicted octanol–water partition coefficient (Wildman–Crippen LogP) is 3.50. The number of rotatable bonds is 7. The molecule has 1 aromatic heterocycles. The molecule has 23 heavy (non-hydrogen) atoms. The van der Waals surface area contributed by atoms with Crippen molar-refractivity contribution in [3.8, 4) is 0 Å². The third-order valence-electron chi connectivity index (χ3n) is 3.56. The highest BCUT2D eigenvalue weighted by Crippen LogP contribution is 2.22. The third-order valence-corrected chi connectivity index (χ3v) is 4.52. The second-order valence-electron chi connectivity index (χ2n) is 5.47. The van der Waals surface area contributed by atoms with Gasteiger partial charge in [0.1, 0.15) is 0 Å². The van der Waals surface area contributed by atoms with Crippen molar-refractivity contribution in [2.45, 2.75) is 33.1 Å². The Labute approximate surface area is 140 Å². The molecule has 5 heteroatoms. The van der Waals surface area contributed by atoms with E-state index in [4.69, 9.17) is 5.11 Å². The van der Waals surface area contributed by atoms with Gasteiger partial charge in [-0.3, -0.25) is 9.59 Å². The lowest BCUT2D eigenvalue weighted by Crippen LogP contribution is -2.13. The zero-order valence-electron chi connectivity index (χ0n) is 13.4. The largest absolute Gasteiger partial charge is 0.396 e. The smallest absolute Gasteiger partial charge is 0.224 e. The van der Waals surface area contributed by atoms with E-state index in [1.54, 1.807) is 23.5 Å². The number of aliphatic hydroxyl groups excluding tert-OH is 1. The number of benzene rings is 1. The molecule has 0 spiro atoms. The number of carbonyl (C=O) groups excluding carboxylic acids is 2. The molecule has 0 atom stereocenters. The number of hydrogen-bond donors (Lipinski definition) is 2. The predicted molar refractivity (Wildman–Crippen MR) is 93.2 cm³/mol. The molecule has 1 amide bonds. The number of hydrogen-bond acceptors (Lipinski definition) is 4. The zero-order valence-corrected chi connectivity index (χ0v) is 14.2. The highest BCUT2D eigenvalue weighted by Gasteiger charge is 2.13. The molecule has 2 rings (SSSR count). The van der Waals surface area contributed by atoms with Gasteiger partial charge in [0.2, 0.25) is 5.91 Å². The van der Waals surface area contributed by atoms with Crippen molar-refractivity contribution in [2.24, 2.45) is 0 Å². The summed E-state index contributed by atoms with van der Waals surface area (Å²) in [6.07, 6.45) is 0.985. The average molecular weight is 331 g/mol. The van der Waals surface area contributed by atoms with Crippen LogP contribution in [0.2, 0.25) is 0 Å². The summed E-state index contributed by atoms with van der Waals surface area (Å²) in [6, 6.07) is 9.23. The van der Waals surface area contributed by atoms with Gasteiger partial charge in [-0.05, 0) is 44.0 Å². The van der Waals surface area contributed by atoms with Gasteiger partial charge in [-0.15, -0.1) is 11.3 Å². The Balaban J connectivity index is 1.85. The fourth-order valence-electron chi connectivity index (χ4n) is 2.38. The van der Waals surface area contributed by atoms with Crippen molar-refractivity contribution in [3.05, 3.63) is 51.2 Å². The minimum absolute atomic E-state index is 0.0142. The first kappa shape index (κ1) is 17.4. The second kappa shape index (κ2) is 8.04. The van der Waals surface area contributed by atoms with Crippen molar-refractivity contribution in [1.29, 1.82) is 0 Å². The van der Waals surface area contributed by atoms with Crippen LogP contribution in [0, 0.1) is 13.8 Å². The fraction of sp³-hybridized carbons (Fsp3) is 0.333. The van der Waals surface area contributed by atoms with Crippen LogP contribution < -0.4 is 5.32 Å². The van der Waals surface area contributed by atoms with Crippen LogP contribution >= 0.6 is 11.3 Å². The highest BCUT2D eigenvalue weighted by atomic mass is 32.1. The van der Waals surface area contributed by atoms with Crippen LogP contribution in [0.25, 0.3) is 0 Å². The summed E-state index contributed by atoms with van der Waals surface area (Å²) in [6.45, 7) is 4.01. The van der Waals surface area contributed by atoms with Crippen LogP contribution in [0.5, 0.6) is 0 Å². The number of nitrogens with one attached hydrogen (secondary N) is 1. The molecule has 0 bridgehead atoms. The minimum atomic E-state index is -0.169. The molecule has 2 aromatic rings. The lowest BCUT2D eigenvalue weighted by Gasteiger charge is -2.06. The summed E-state index contributed by atoms with van der Waals surface area (Å²) >= 11 is 1.60. The topological polar surface area (TPSA) is 66.4 Å². The summed E-state index contributed by atoms with van der Waals surface area (Å²) in [4.78, 5) is 26.2. The van der Waals surface area contributed by atoms with E-state index in [0.717, 1.165) is 20.9 Å². The second-order valence-corrected chi connectivity index (χ2v) is 6.93. The summed E-state index contributed by atoms with van der Waals surface area (Å²) < 4.78 is 0. The van der Waals surface area contributed by atoms with Crippen LogP contribution in [-0.2, 0) is 11.2 Å². The summed E-state index contributed by atoms with van der Waals surface area (Å²) in [7, 11) is 0. The number of Topliss-reactive ketones (excluding diaryl/α,β-unsaturated/α-hetero) is 1. The number of thiophene rings is 1. The van der Waals surface area contributed by atoms with Gasteiger partial charge in [0.15, 0.2) is 5.78 Å². The van der Waals surface area contributed by atoms with Crippen LogP contribution in [0.3, 0.4) is 0 Å². The lowest BCUT2D eigenvalue weighted by molar-refractivity contribution is -0.116. The Bertz CT molecular complexity index is 689. The molecule has 1 heterocycles. The molecule has 0 radical (unpaired) electrons. The van der Waals surface area contributed by atoms with E-state index >= 15 is 0 Å². The van der Waals surface area contributed by atoms with E-state index in [1.807, 2.05) is 32.0 Å². The zero-order chi connectivity index (χ0) is 16.8. The molecule has 0 unspecified atom stereocenters. The fourth-order valence-corrected chi connectivity index (χ4v) is 3.32. The Kier molecular flexibility index (Phi) is 6.07. The standard InChI is InChI=1S/C18H21NO3S/c1-12-11-16(13(2)23-12)17(21)7-8-18(22)19-15-5-3-14(4-6-15)9-10-20/h3-6,11,20H,7-10H2,1-2H3,(H,19,22). The maximum Gasteiger partial charge on any atom is 0.224 e. The average Bonchev–Trinajstić information content (AvgIpc) is 2.86. The van der Waals surface area contributed by atoms with Crippen LogP contribution in [0.15, 0.2) is 30.3 Å². The molecule has 1 aromatic carbocycles. The van der Waals surface area contributed by atoms with Crippen LogP contribution in [0.1, 0.15) is 38.5 Å². The molecule has 0 saturated heterocycles. The van der Waals surface area contributed by atoms with Crippen molar-refractivity contribution < 1.29 is 14.7 Å². The van der Waals surface area contributed by atoms with Crippen molar-refractivity contribution in [3.63, 3.8) is 0 Å². The Morgan fingerprint density at radius 3 is 2.39 bits per heavy atom. The Hall–Kier alpha value is -1.98. The molecule has 122 valence electrons. The van der Waals surface area contributed by atoms with Gasteiger partial charge in [-0.2, -0.15) is 0 Å². The molecular formula is C18H21NO3S. The number of anilines is 1. The van der Waals surface area contributed by atoms with Gasteiger partial charge in [0, 0.05) is 40.5 Å². The molecule has 2 N–H and O–H groups in total. The number of carbonyl (C=O) groups is 2. The number of ketones is 1. The summed E-state index contributed by atoms with van der Waals surface area (Å²) in [5.41, 5.74) is 2.45. The molecular weight excluding hydrogens is 310 g/mol. The van der Waals surface area contributed by atoms with Gasteiger partial charge < -0.3 is 10.4 Å².